The summed E-state index contributed by atoms with van der Waals surface area (Å²) in [5.74, 6) is -0.0463. The number of aryl methyl sites for hydroxylation is 1. The molecule has 0 aliphatic carbocycles. The van der Waals surface area contributed by atoms with Crippen molar-refractivity contribution in [3.63, 3.8) is 0 Å². The number of hydrogen-bond acceptors (Lipinski definition) is 4. The third kappa shape index (κ3) is 8.11. The van der Waals surface area contributed by atoms with Gasteiger partial charge in [0, 0.05) is 36.6 Å². The zero-order valence-corrected chi connectivity index (χ0v) is 20.3. The lowest BCUT2D eigenvalue weighted by Crippen LogP contribution is -2.46. The van der Waals surface area contributed by atoms with Crippen molar-refractivity contribution in [3.05, 3.63) is 57.8 Å². The number of carbonyl (C=O) groups is 2. The van der Waals surface area contributed by atoms with Crippen LogP contribution in [0, 0.1) is 12.3 Å². The van der Waals surface area contributed by atoms with Gasteiger partial charge in [-0.3, -0.25) is 9.59 Å². The van der Waals surface area contributed by atoms with Crippen LogP contribution in [0.25, 0.3) is 0 Å². The van der Waals surface area contributed by atoms with E-state index in [0.29, 0.717) is 39.3 Å². The number of hydrogen-bond donors (Lipinski definition) is 0. The van der Waals surface area contributed by atoms with E-state index < -0.39 is 5.41 Å². The number of amides is 2. The molecule has 1 aromatic carbocycles. The topological polar surface area (TPSA) is 49.9 Å². The summed E-state index contributed by atoms with van der Waals surface area (Å²) < 4.78 is 5.43. The van der Waals surface area contributed by atoms with Crippen LogP contribution < -0.4 is 0 Å². The molecular weight excluding hydrogens is 408 g/mol. The molecule has 0 atom stereocenters. The molecule has 0 saturated carbocycles. The molecule has 0 aliphatic rings. The first-order chi connectivity index (χ1) is 14.7. The number of rotatable bonds is 11. The van der Waals surface area contributed by atoms with Crippen LogP contribution in [0.3, 0.4) is 0 Å². The number of benzene rings is 1. The smallest absolute Gasteiger partial charge is 0.242 e. The van der Waals surface area contributed by atoms with E-state index in [0.717, 1.165) is 5.56 Å². The standard InChI is InChI=1S/C25H36N2O3S/c1-6-30-15-10-14-26(24(29)25(3,4)5)19-23(28)27(17-21-11-8-7-9-12-21)18-22-20(2)13-16-31-22/h7-9,11-13,16H,6,10,14-15,17-19H2,1-5H3. The molecule has 0 radical (unpaired) electrons. The molecule has 0 saturated heterocycles. The second kappa shape index (κ2) is 12.0. The van der Waals surface area contributed by atoms with Crippen LogP contribution in [0.1, 0.15) is 50.1 Å². The van der Waals surface area contributed by atoms with Gasteiger partial charge in [0.25, 0.3) is 0 Å². The van der Waals surface area contributed by atoms with Crippen molar-refractivity contribution in [3.8, 4) is 0 Å². The van der Waals surface area contributed by atoms with Crippen LogP contribution in [0.15, 0.2) is 41.8 Å². The molecular formula is C25H36N2O3S. The zero-order chi connectivity index (χ0) is 22.9. The maximum atomic E-state index is 13.4. The molecule has 2 rings (SSSR count). The highest BCUT2D eigenvalue weighted by atomic mass is 32.1. The summed E-state index contributed by atoms with van der Waals surface area (Å²) in [6, 6.07) is 12.1. The van der Waals surface area contributed by atoms with Crippen molar-refractivity contribution < 1.29 is 14.3 Å². The van der Waals surface area contributed by atoms with E-state index >= 15 is 0 Å². The highest BCUT2D eigenvalue weighted by Crippen LogP contribution is 2.21. The SMILES string of the molecule is CCOCCCN(CC(=O)N(Cc1ccccc1)Cc1sccc1C)C(=O)C(C)(C)C. The zero-order valence-electron chi connectivity index (χ0n) is 19.5. The fraction of sp³-hybridized carbons (Fsp3) is 0.520. The van der Waals surface area contributed by atoms with Crippen LogP contribution in [0.4, 0.5) is 0 Å². The van der Waals surface area contributed by atoms with Gasteiger partial charge in [0.1, 0.15) is 0 Å². The molecule has 0 spiro atoms. The molecule has 0 unspecified atom stereocenters. The van der Waals surface area contributed by atoms with E-state index in [4.69, 9.17) is 4.74 Å². The monoisotopic (exact) mass is 444 g/mol. The Hall–Kier alpha value is -2.18. The molecule has 2 aromatic rings. The summed E-state index contributed by atoms with van der Waals surface area (Å²) in [7, 11) is 0. The lowest BCUT2D eigenvalue weighted by atomic mass is 9.94. The summed E-state index contributed by atoms with van der Waals surface area (Å²) in [5, 5.41) is 2.05. The minimum Gasteiger partial charge on any atom is -0.382 e. The van der Waals surface area contributed by atoms with E-state index in [2.05, 4.69) is 18.4 Å². The number of nitrogens with zero attached hydrogens (tertiary/aromatic N) is 2. The average molecular weight is 445 g/mol. The lowest BCUT2D eigenvalue weighted by molar-refractivity contribution is -0.146. The maximum Gasteiger partial charge on any atom is 0.242 e. The maximum absolute atomic E-state index is 13.4. The minimum atomic E-state index is -0.541. The Bertz CT molecular complexity index is 827. The molecule has 2 amide bonds. The quantitative estimate of drug-likeness (QED) is 0.464. The Labute approximate surface area is 191 Å². The highest BCUT2D eigenvalue weighted by molar-refractivity contribution is 7.10. The van der Waals surface area contributed by atoms with Gasteiger partial charge in [-0.2, -0.15) is 0 Å². The van der Waals surface area contributed by atoms with E-state index in [1.165, 1.54) is 10.4 Å². The predicted molar refractivity (Wildman–Crippen MR) is 127 cm³/mol. The first-order valence-corrected chi connectivity index (χ1v) is 11.8. The molecule has 5 nitrogen and oxygen atoms in total. The van der Waals surface area contributed by atoms with E-state index in [1.54, 1.807) is 16.2 Å². The fourth-order valence-corrected chi connectivity index (χ4v) is 4.19. The molecule has 0 fully saturated rings. The van der Waals surface area contributed by atoms with Crippen LogP contribution in [-0.4, -0.2) is 47.9 Å². The van der Waals surface area contributed by atoms with Crippen LogP contribution >= 0.6 is 11.3 Å². The molecule has 0 bridgehead atoms. The van der Waals surface area contributed by atoms with Gasteiger partial charge in [-0.25, -0.2) is 0 Å². The van der Waals surface area contributed by atoms with Crippen molar-refractivity contribution in [1.29, 1.82) is 0 Å². The molecule has 1 aromatic heterocycles. The van der Waals surface area contributed by atoms with Crippen molar-refractivity contribution in [2.24, 2.45) is 5.41 Å². The molecule has 0 N–H and O–H groups in total. The molecule has 1 heterocycles. The summed E-state index contributed by atoms with van der Waals surface area (Å²) in [4.78, 5) is 31.2. The molecule has 6 heteroatoms. The van der Waals surface area contributed by atoms with Crippen molar-refractivity contribution >= 4 is 23.2 Å². The summed E-state index contributed by atoms with van der Waals surface area (Å²) in [6.45, 7) is 12.6. The summed E-state index contributed by atoms with van der Waals surface area (Å²) >= 11 is 1.66. The molecule has 31 heavy (non-hydrogen) atoms. The number of ether oxygens (including phenoxy) is 1. The van der Waals surface area contributed by atoms with E-state index in [9.17, 15) is 9.59 Å². The van der Waals surface area contributed by atoms with Crippen LogP contribution in [-0.2, 0) is 27.4 Å². The lowest BCUT2D eigenvalue weighted by Gasteiger charge is -2.31. The fourth-order valence-electron chi connectivity index (χ4n) is 3.27. The summed E-state index contributed by atoms with van der Waals surface area (Å²) in [6.07, 6.45) is 0.714. The van der Waals surface area contributed by atoms with Gasteiger partial charge < -0.3 is 14.5 Å². The average Bonchev–Trinajstić information content (AvgIpc) is 3.13. The Kier molecular flexibility index (Phi) is 9.72. The number of thiophene rings is 1. The van der Waals surface area contributed by atoms with Crippen molar-refractivity contribution in [2.45, 2.75) is 54.1 Å². The van der Waals surface area contributed by atoms with Gasteiger partial charge in [-0.05, 0) is 42.8 Å². The van der Waals surface area contributed by atoms with Crippen molar-refractivity contribution in [1.82, 2.24) is 9.80 Å². The normalized spacial score (nSPS) is 11.4. The molecule has 170 valence electrons. The highest BCUT2D eigenvalue weighted by Gasteiger charge is 2.29. The second-order valence-electron chi connectivity index (χ2n) is 8.79. The Morgan fingerprint density at radius 1 is 1.03 bits per heavy atom. The van der Waals surface area contributed by atoms with Gasteiger partial charge in [0.15, 0.2) is 0 Å². The summed E-state index contributed by atoms with van der Waals surface area (Å²) in [5.41, 5.74) is 1.73. The second-order valence-corrected chi connectivity index (χ2v) is 9.79. The van der Waals surface area contributed by atoms with Crippen molar-refractivity contribution in [2.75, 3.05) is 26.3 Å². The van der Waals surface area contributed by atoms with Gasteiger partial charge in [0.05, 0.1) is 13.1 Å². The Morgan fingerprint density at radius 3 is 2.32 bits per heavy atom. The first-order valence-electron chi connectivity index (χ1n) is 10.9. The predicted octanol–water partition coefficient (Wildman–Crippen LogP) is 4.89. The van der Waals surface area contributed by atoms with Crippen LogP contribution in [0.5, 0.6) is 0 Å². The third-order valence-corrected chi connectivity index (χ3v) is 6.06. The first kappa shape index (κ1) is 25.1. The van der Waals surface area contributed by atoms with Gasteiger partial charge in [0.2, 0.25) is 11.8 Å². The van der Waals surface area contributed by atoms with E-state index in [-0.39, 0.29) is 18.4 Å². The van der Waals surface area contributed by atoms with Gasteiger partial charge in [-0.15, -0.1) is 11.3 Å². The number of carbonyl (C=O) groups excluding carboxylic acids is 2. The largest absolute Gasteiger partial charge is 0.382 e. The van der Waals surface area contributed by atoms with Crippen LogP contribution in [0.2, 0.25) is 0 Å². The third-order valence-electron chi connectivity index (χ3n) is 5.05. The minimum absolute atomic E-state index is 0.00989. The Morgan fingerprint density at radius 2 is 1.74 bits per heavy atom. The molecule has 0 aliphatic heterocycles. The van der Waals surface area contributed by atoms with E-state index in [1.807, 2.05) is 62.9 Å². The Balaban J connectivity index is 2.18. The van der Waals surface area contributed by atoms with Gasteiger partial charge >= 0.3 is 0 Å². The van der Waals surface area contributed by atoms with Gasteiger partial charge in [-0.1, -0.05) is 51.1 Å².